The average molecular weight is 275 g/mol. The van der Waals surface area contributed by atoms with Crippen molar-refractivity contribution in [3.8, 4) is 0 Å². The molecule has 4 saturated carbocycles. The lowest BCUT2D eigenvalue weighted by atomic mass is 9.43. The van der Waals surface area contributed by atoms with E-state index < -0.39 is 0 Å². The fraction of sp³-hybridized carbons (Fsp3) is 0.895. The van der Waals surface area contributed by atoms with Crippen LogP contribution in [0.15, 0.2) is 12.2 Å². The molecule has 0 aromatic heterocycles. The summed E-state index contributed by atoms with van der Waals surface area (Å²) in [5.41, 5.74) is 2.69. The summed E-state index contributed by atoms with van der Waals surface area (Å²) in [4.78, 5) is 0. The number of hydrogen-bond acceptors (Lipinski definition) is 1. The molecule has 4 bridgehead atoms. The lowest BCUT2D eigenvalue weighted by molar-refractivity contribution is -0.117. The van der Waals surface area contributed by atoms with Crippen molar-refractivity contribution in [3.05, 3.63) is 12.2 Å². The third-order valence-corrected chi connectivity index (χ3v) is 6.58. The van der Waals surface area contributed by atoms with Gasteiger partial charge in [0.2, 0.25) is 0 Å². The van der Waals surface area contributed by atoms with Crippen LogP contribution in [0.2, 0.25) is 0 Å². The van der Waals surface area contributed by atoms with Crippen molar-refractivity contribution in [2.75, 3.05) is 6.54 Å². The second-order valence-electron chi connectivity index (χ2n) is 8.55. The third kappa shape index (κ3) is 2.47. The van der Waals surface area contributed by atoms with Crippen molar-refractivity contribution in [2.24, 2.45) is 22.7 Å². The molecule has 20 heavy (non-hydrogen) atoms. The Balaban J connectivity index is 1.83. The van der Waals surface area contributed by atoms with E-state index in [4.69, 9.17) is 0 Å². The molecule has 0 heterocycles. The van der Waals surface area contributed by atoms with Crippen LogP contribution in [0, 0.1) is 22.7 Å². The van der Waals surface area contributed by atoms with E-state index >= 15 is 0 Å². The zero-order chi connectivity index (χ0) is 14.4. The minimum Gasteiger partial charge on any atom is -0.313 e. The van der Waals surface area contributed by atoms with Gasteiger partial charge in [0.05, 0.1) is 0 Å². The van der Waals surface area contributed by atoms with Crippen molar-refractivity contribution >= 4 is 0 Å². The summed E-state index contributed by atoms with van der Waals surface area (Å²) in [6.45, 7) is 12.5. The summed E-state index contributed by atoms with van der Waals surface area (Å²) in [6.07, 6.45) is 11.4. The van der Waals surface area contributed by atoms with Gasteiger partial charge in [0, 0.05) is 6.04 Å². The fourth-order valence-electron chi connectivity index (χ4n) is 6.39. The molecule has 4 fully saturated rings. The molecule has 3 atom stereocenters. The van der Waals surface area contributed by atoms with Crippen LogP contribution in [-0.2, 0) is 0 Å². The summed E-state index contributed by atoms with van der Waals surface area (Å²) < 4.78 is 0. The minimum absolute atomic E-state index is 0.590. The molecule has 4 aliphatic rings. The van der Waals surface area contributed by atoms with Crippen LogP contribution in [0.1, 0.15) is 72.1 Å². The molecule has 0 spiro atoms. The molecule has 1 N–H and O–H groups in total. The van der Waals surface area contributed by atoms with E-state index in [9.17, 15) is 0 Å². The summed E-state index contributed by atoms with van der Waals surface area (Å²) >= 11 is 0. The Morgan fingerprint density at radius 1 is 1.20 bits per heavy atom. The molecule has 0 aliphatic heterocycles. The van der Waals surface area contributed by atoms with Crippen molar-refractivity contribution in [2.45, 2.75) is 78.2 Å². The lowest BCUT2D eigenvalue weighted by Gasteiger charge is -2.63. The second-order valence-corrected chi connectivity index (χ2v) is 8.55. The van der Waals surface area contributed by atoms with Crippen LogP contribution in [0.25, 0.3) is 0 Å². The Bertz CT molecular complexity index is 369. The molecule has 3 unspecified atom stereocenters. The highest BCUT2D eigenvalue weighted by Gasteiger charge is 2.57. The van der Waals surface area contributed by atoms with Gasteiger partial charge in [-0.2, -0.15) is 0 Å². The zero-order valence-electron chi connectivity index (χ0n) is 13.8. The van der Waals surface area contributed by atoms with Crippen molar-refractivity contribution in [1.82, 2.24) is 5.32 Å². The number of hydrogen-bond donors (Lipinski definition) is 1. The van der Waals surface area contributed by atoms with Crippen molar-refractivity contribution < 1.29 is 0 Å². The maximum atomic E-state index is 4.30. The molecule has 1 nitrogen and oxygen atoms in total. The van der Waals surface area contributed by atoms with Gasteiger partial charge in [-0.25, -0.2) is 0 Å². The summed E-state index contributed by atoms with van der Waals surface area (Å²) in [5.74, 6) is 2.05. The quantitative estimate of drug-likeness (QED) is 0.678. The van der Waals surface area contributed by atoms with Crippen LogP contribution in [0.3, 0.4) is 0 Å². The Hall–Kier alpha value is -0.300. The molecule has 114 valence electrons. The SMILES string of the molecule is C=C(CC)CC(NCC)C12CC3CC(CC(C)(C3)C1)C2. The van der Waals surface area contributed by atoms with Gasteiger partial charge >= 0.3 is 0 Å². The Morgan fingerprint density at radius 3 is 2.35 bits per heavy atom. The van der Waals surface area contributed by atoms with Crippen LogP contribution in [-0.4, -0.2) is 12.6 Å². The Labute approximate surface area is 125 Å². The Kier molecular flexibility index (Phi) is 3.77. The molecule has 0 aromatic carbocycles. The van der Waals surface area contributed by atoms with Crippen LogP contribution < -0.4 is 5.32 Å². The maximum Gasteiger partial charge on any atom is 0.0161 e. The van der Waals surface area contributed by atoms with Crippen molar-refractivity contribution in [3.63, 3.8) is 0 Å². The predicted octanol–water partition coefficient (Wildman–Crippen LogP) is 4.93. The van der Waals surface area contributed by atoms with Gasteiger partial charge in [0.15, 0.2) is 0 Å². The summed E-state index contributed by atoms with van der Waals surface area (Å²) in [6, 6.07) is 0.685. The van der Waals surface area contributed by atoms with Crippen LogP contribution >= 0.6 is 0 Å². The van der Waals surface area contributed by atoms with E-state index in [1.807, 2.05) is 0 Å². The lowest BCUT2D eigenvalue weighted by Crippen LogP contribution is -2.58. The topological polar surface area (TPSA) is 12.0 Å². The summed E-state index contributed by atoms with van der Waals surface area (Å²) in [7, 11) is 0. The highest BCUT2D eigenvalue weighted by molar-refractivity contribution is 5.12. The van der Waals surface area contributed by atoms with Gasteiger partial charge in [-0.05, 0) is 80.6 Å². The largest absolute Gasteiger partial charge is 0.313 e. The van der Waals surface area contributed by atoms with Crippen LogP contribution in [0.4, 0.5) is 0 Å². The van der Waals surface area contributed by atoms with E-state index in [0.717, 1.165) is 24.8 Å². The molecule has 0 saturated heterocycles. The molecule has 4 aliphatic carbocycles. The summed E-state index contributed by atoms with van der Waals surface area (Å²) in [5, 5.41) is 3.86. The molecule has 4 rings (SSSR count). The van der Waals surface area contributed by atoms with E-state index in [1.54, 1.807) is 0 Å². The first-order valence-corrected chi connectivity index (χ1v) is 8.88. The third-order valence-electron chi connectivity index (χ3n) is 6.58. The van der Waals surface area contributed by atoms with Gasteiger partial charge in [-0.15, -0.1) is 0 Å². The first kappa shape index (κ1) is 14.6. The number of rotatable bonds is 6. The molecular weight excluding hydrogens is 242 g/mol. The van der Waals surface area contributed by atoms with Gasteiger partial charge < -0.3 is 5.32 Å². The Morgan fingerprint density at radius 2 is 1.85 bits per heavy atom. The smallest absolute Gasteiger partial charge is 0.0161 e. The highest BCUT2D eigenvalue weighted by Crippen LogP contribution is 2.66. The molecule has 0 radical (unpaired) electrons. The average Bonchev–Trinajstić information content (AvgIpc) is 2.35. The van der Waals surface area contributed by atoms with Gasteiger partial charge in [0.1, 0.15) is 0 Å². The van der Waals surface area contributed by atoms with E-state index in [0.29, 0.717) is 16.9 Å². The first-order valence-electron chi connectivity index (χ1n) is 8.88. The van der Waals surface area contributed by atoms with Gasteiger partial charge in [-0.3, -0.25) is 0 Å². The van der Waals surface area contributed by atoms with E-state index in [-0.39, 0.29) is 0 Å². The molecule has 0 amide bonds. The fourth-order valence-corrected chi connectivity index (χ4v) is 6.39. The van der Waals surface area contributed by atoms with E-state index in [1.165, 1.54) is 50.5 Å². The molecular formula is C19H33N. The molecule has 1 heteroatoms. The molecule has 0 aromatic rings. The normalized spacial score (nSPS) is 43.8. The first-order chi connectivity index (χ1) is 9.48. The van der Waals surface area contributed by atoms with E-state index in [2.05, 4.69) is 32.7 Å². The zero-order valence-corrected chi connectivity index (χ0v) is 13.8. The second kappa shape index (κ2) is 5.16. The highest BCUT2D eigenvalue weighted by atomic mass is 14.9. The standard InChI is InChI=1S/C19H33N/c1-5-14(3)7-17(20-6-2)19-11-15-8-16(12-19)10-18(4,9-15)13-19/h15-17,20H,3,5-13H2,1-2,4H3. The monoisotopic (exact) mass is 275 g/mol. The minimum atomic E-state index is 0.590. The predicted molar refractivity (Wildman–Crippen MR) is 86.7 cm³/mol. The number of nitrogens with one attached hydrogen (secondary N) is 1. The van der Waals surface area contributed by atoms with Gasteiger partial charge in [-0.1, -0.05) is 32.9 Å². The maximum absolute atomic E-state index is 4.30. The van der Waals surface area contributed by atoms with Crippen LogP contribution in [0.5, 0.6) is 0 Å². The van der Waals surface area contributed by atoms with Gasteiger partial charge in [0.25, 0.3) is 0 Å². The van der Waals surface area contributed by atoms with Crippen molar-refractivity contribution in [1.29, 1.82) is 0 Å².